The van der Waals surface area contributed by atoms with Crippen molar-refractivity contribution in [3.63, 3.8) is 0 Å². The number of carbonyl (C=O) groups is 3. The maximum Gasteiger partial charge on any atom is 0.329 e. The van der Waals surface area contributed by atoms with E-state index < -0.39 is 5.97 Å². The van der Waals surface area contributed by atoms with Gasteiger partial charge in [0.2, 0.25) is 5.91 Å². The van der Waals surface area contributed by atoms with Crippen molar-refractivity contribution < 1.29 is 29.0 Å². The van der Waals surface area contributed by atoms with Crippen molar-refractivity contribution in [2.24, 2.45) is 0 Å². The third kappa shape index (κ3) is 7.38. The van der Waals surface area contributed by atoms with Crippen LogP contribution in [0, 0.1) is 0 Å². The third-order valence-corrected chi connectivity index (χ3v) is 5.76. The van der Waals surface area contributed by atoms with Crippen LogP contribution in [0.15, 0.2) is 0 Å². The van der Waals surface area contributed by atoms with Crippen LogP contribution in [0.3, 0.4) is 0 Å². The van der Waals surface area contributed by atoms with E-state index in [1.165, 1.54) is 0 Å². The lowest BCUT2D eigenvalue weighted by atomic mass is 10.0. The molecule has 2 aliphatic rings. The minimum atomic E-state index is -1.01. The fraction of sp³-hybridized carbons (Fsp3) is 0.812. The number of thioether (sulfide) groups is 1. The summed E-state index contributed by atoms with van der Waals surface area (Å²) >= 11 is 1.88. The molecule has 2 fully saturated rings. The van der Waals surface area contributed by atoms with Gasteiger partial charge in [-0.3, -0.25) is 4.79 Å². The van der Waals surface area contributed by atoms with E-state index in [1.807, 2.05) is 11.8 Å². The molecule has 0 aliphatic carbocycles. The Balaban J connectivity index is 1.40. The Morgan fingerprint density at radius 3 is 2.81 bits per heavy atom. The highest BCUT2D eigenvalue weighted by Crippen LogP contribution is 2.33. The van der Waals surface area contributed by atoms with E-state index in [4.69, 9.17) is 14.6 Å². The van der Waals surface area contributed by atoms with Gasteiger partial charge in [0.25, 0.3) is 0 Å². The quantitative estimate of drug-likeness (QED) is 0.257. The monoisotopic (exact) mass is 389 g/mol. The van der Waals surface area contributed by atoms with Crippen LogP contribution in [0.4, 0.5) is 4.79 Å². The zero-order valence-electron chi connectivity index (χ0n) is 14.7. The zero-order valence-corrected chi connectivity index (χ0v) is 15.5. The average Bonchev–Trinajstić information content (AvgIpc) is 3.13. The molecule has 2 saturated heterocycles. The molecule has 3 amide bonds. The number of hydrogen-bond donors (Lipinski definition) is 4. The number of amides is 3. The minimum absolute atomic E-state index is 0.00325. The summed E-state index contributed by atoms with van der Waals surface area (Å²) in [6.07, 6.45) is 3.27. The highest BCUT2D eigenvalue weighted by molar-refractivity contribution is 8.00. The van der Waals surface area contributed by atoms with E-state index >= 15 is 0 Å². The van der Waals surface area contributed by atoms with Crippen LogP contribution < -0.4 is 16.0 Å². The van der Waals surface area contributed by atoms with Gasteiger partial charge in [0.15, 0.2) is 0 Å². The summed E-state index contributed by atoms with van der Waals surface area (Å²) in [5, 5.41) is 17.5. The molecule has 0 spiro atoms. The SMILES string of the molecule is O=C(O)COCCOCCNC(=O)CCCC[C@@H]1SCC2NC(=O)N[C@@H]21. The van der Waals surface area contributed by atoms with Crippen molar-refractivity contribution in [1.29, 1.82) is 0 Å². The standard InChI is InChI=1S/C16H27N3O6S/c20-13(17-5-6-24-7-8-25-9-14(21)22)4-2-1-3-12-15-11(10-26-12)18-16(23)19-15/h11-12,15H,1-10H2,(H,17,20)(H,21,22)(H2,18,19,23)/t11?,12-,15-/m0/s1. The van der Waals surface area contributed by atoms with Gasteiger partial charge in [-0.1, -0.05) is 6.42 Å². The summed E-state index contributed by atoms with van der Waals surface area (Å²) < 4.78 is 10.1. The number of nitrogens with one attached hydrogen (secondary N) is 3. The molecule has 2 aliphatic heterocycles. The molecule has 0 radical (unpaired) electrons. The second kappa shape index (κ2) is 11.2. The molecule has 1 unspecified atom stereocenters. The van der Waals surface area contributed by atoms with Crippen LogP contribution in [0.25, 0.3) is 0 Å². The lowest BCUT2D eigenvalue weighted by Crippen LogP contribution is -2.36. The molecule has 0 aromatic carbocycles. The predicted octanol–water partition coefficient (Wildman–Crippen LogP) is -0.0538. The van der Waals surface area contributed by atoms with Crippen molar-refractivity contribution in [3.8, 4) is 0 Å². The van der Waals surface area contributed by atoms with Crippen molar-refractivity contribution in [3.05, 3.63) is 0 Å². The number of urea groups is 1. The van der Waals surface area contributed by atoms with Gasteiger partial charge < -0.3 is 30.5 Å². The van der Waals surface area contributed by atoms with Gasteiger partial charge in [-0.25, -0.2) is 9.59 Å². The zero-order chi connectivity index (χ0) is 18.8. The fourth-order valence-corrected chi connectivity index (χ4v) is 4.55. The Bertz CT molecular complexity index is 493. The number of aliphatic carboxylic acids is 1. The summed E-state index contributed by atoms with van der Waals surface area (Å²) in [7, 11) is 0. The van der Waals surface area contributed by atoms with Crippen LogP contribution in [0.1, 0.15) is 25.7 Å². The number of carbonyl (C=O) groups excluding carboxylic acids is 2. The molecule has 3 atom stereocenters. The number of unbranched alkanes of at least 4 members (excludes halogenated alkanes) is 1. The Morgan fingerprint density at radius 1 is 1.19 bits per heavy atom. The number of fused-ring (bicyclic) bond motifs is 1. The molecule has 148 valence electrons. The van der Waals surface area contributed by atoms with Crippen LogP contribution in [-0.2, 0) is 19.1 Å². The fourth-order valence-electron chi connectivity index (χ4n) is 3.00. The van der Waals surface area contributed by atoms with Gasteiger partial charge in [0.05, 0.1) is 31.9 Å². The van der Waals surface area contributed by atoms with Crippen molar-refractivity contribution in [2.75, 3.05) is 38.7 Å². The molecule has 0 aromatic rings. The Kier molecular flexibility index (Phi) is 8.99. The molecule has 0 saturated carbocycles. The summed E-state index contributed by atoms with van der Waals surface area (Å²) in [5.74, 6) is -0.0487. The van der Waals surface area contributed by atoms with Crippen molar-refractivity contribution in [1.82, 2.24) is 16.0 Å². The van der Waals surface area contributed by atoms with Crippen LogP contribution >= 0.6 is 11.8 Å². The largest absolute Gasteiger partial charge is 0.480 e. The van der Waals surface area contributed by atoms with E-state index in [-0.39, 0.29) is 37.2 Å². The minimum Gasteiger partial charge on any atom is -0.480 e. The summed E-state index contributed by atoms with van der Waals surface area (Å²) in [6, 6.07) is 0.397. The summed E-state index contributed by atoms with van der Waals surface area (Å²) in [4.78, 5) is 33.3. The van der Waals surface area contributed by atoms with Gasteiger partial charge >= 0.3 is 12.0 Å². The Labute approximate surface area is 156 Å². The average molecular weight is 389 g/mol. The topological polar surface area (TPSA) is 126 Å². The maximum atomic E-state index is 11.7. The predicted molar refractivity (Wildman–Crippen MR) is 96.2 cm³/mol. The first-order chi connectivity index (χ1) is 12.6. The van der Waals surface area contributed by atoms with Gasteiger partial charge in [-0.2, -0.15) is 11.8 Å². The molecule has 0 aromatic heterocycles. The number of carboxylic acid groups (broad SMARTS) is 1. The smallest absolute Gasteiger partial charge is 0.329 e. The van der Waals surface area contributed by atoms with E-state index in [0.717, 1.165) is 25.0 Å². The summed E-state index contributed by atoms with van der Waals surface area (Å²) in [6.45, 7) is 0.991. The molecule has 2 rings (SSSR count). The van der Waals surface area contributed by atoms with E-state index in [9.17, 15) is 14.4 Å². The Hall–Kier alpha value is -1.52. The van der Waals surface area contributed by atoms with E-state index in [2.05, 4.69) is 16.0 Å². The molecule has 9 nitrogen and oxygen atoms in total. The number of hydrogen-bond acceptors (Lipinski definition) is 6. The molecule has 2 heterocycles. The highest BCUT2D eigenvalue weighted by Gasteiger charge is 2.42. The molecule has 10 heteroatoms. The molecular formula is C16H27N3O6S. The number of carboxylic acids is 1. The first-order valence-electron chi connectivity index (χ1n) is 8.89. The normalized spacial score (nSPS) is 24.0. The van der Waals surface area contributed by atoms with Gasteiger partial charge in [-0.15, -0.1) is 0 Å². The van der Waals surface area contributed by atoms with Crippen LogP contribution in [0.2, 0.25) is 0 Å². The summed E-state index contributed by atoms with van der Waals surface area (Å²) in [5.41, 5.74) is 0. The van der Waals surface area contributed by atoms with Gasteiger partial charge in [0.1, 0.15) is 6.61 Å². The first kappa shape index (κ1) is 20.8. The molecular weight excluding hydrogens is 362 g/mol. The van der Waals surface area contributed by atoms with E-state index in [1.54, 1.807) is 0 Å². The number of ether oxygens (including phenoxy) is 2. The number of rotatable bonds is 13. The van der Waals surface area contributed by atoms with Crippen molar-refractivity contribution >= 4 is 29.7 Å². The molecule has 4 N–H and O–H groups in total. The van der Waals surface area contributed by atoms with Gasteiger partial charge in [0, 0.05) is 24.0 Å². The second-order valence-corrected chi connectivity index (χ2v) is 7.55. The lowest BCUT2D eigenvalue weighted by Gasteiger charge is -2.16. The highest BCUT2D eigenvalue weighted by atomic mass is 32.2. The van der Waals surface area contributed by atoms with Crippen LogP contribution in [-0.4, -0.2) is 79.1 Å². The first-order valence-corrected chi connectivity index (χ1v) is 9.93. The molecule has 26 heavy (non-hydrogen) atoms. The van der Waals surface area contributed by atoms with Gasteiger partial charge in [-0.05, 0) is 12.8 Å². The van der Waals surface area contributed by atoms with Crippen LogP contribution in [0.5, 0.6) is 0 Å². The molecule has 0 bridgehead atoms. The van der Waals surface area contributed by atoms with E-state index in [0.29, 0.717) is 31.4 Å². The second-order valence-electron chi connectivity index (χ2n) is 6.28. The lowest BCUT2D eigenvalue weighted by molar-refractivity contribution is -0.142. The Morgan fingerprint density at radius 2 is 2.00 bits per heavy atom. The van der Waals surface area contributed by atoms with Crippen molar-refractivity contribution in [2.45, 2.75) is 43.0 Å². The third-order valence-electron chi connectivity index (χ3n) is 4.25. The maximum absolute atomic E-state index is 11.7.